The Morgan fingerprint density at radius 3 is 2.62 bits per heavy atom. The molecule has 128 valence electrons. The Kier molecular flexibility index (Phi) is 5.96. The van der Waals surface area contributed by atoms with Gasteiger partial charge in [0.2, 0.25) is 0 Å². The highest BCUT2D eigenvalue weighted by atomic mass is 16.5. The molecule has 0 bridgehead atoms. The van der Waals surface area contributed by atoms with Gasteiger partial charge >= 0.3 is 0 Å². The number of morpholine rings is 1. The van der Waals surface area contributed by atoms with Gasteiger partial charge in [-0.05, 0) is 48.4 Å². The maximum atomic E-state index is 5.69. The molecule has 0 aromatic heterocycles. The summed E-state index contributed by atoms with van der Waals surface area (Å²) in [6, 6.07) is 16.9. The van der Waals surface area contributed by atoms with Gasteiger partial charge in [0, 0.05) is 31.0 Å². The average molecular weight is 326 g/mol. The van der Waals surface area contributed by atoms with E-state index in [0.29, 0.717) is 0 Å². The van der Waals surface area contributed by atoms with Gasteiger partial charge in [0.05, 0.1) is 19.8 Å². The Hall–Kier alpha value is -2.20. The Morgan fingerprint density at radius 2 is 1.88 bits per heavy atom. The van der Waals surface area contributed by atoms with E-state index < -0.39 is 0 Å². The van der Waals surface area contributed by atoms with Crippen molar-refractivity contribution in [3.05, 3.63) is 54.1 Å². The molecule has 0 spiro atoms. The van der Waals surface area contributed by atoms with Crippen LogP contribution in [-0.2, 0) is 11.3 Å². The molecule has 1 aliphatic heterocycles. The van der Waals surface area contributed by atoms with Crippen LogP contribution >= 0.6 is 0 Å². The number of ether oxygens (including phenoxy) is 2. The van der Waals surface area contributed by atoms with Crippen molar-refractivity contribution in [3.8, 4) is 5.75 Å². The molecule has 4 nitrogen and oxygen atoms in total. The van der Waals surface area contributed by atoms with E-state index in [0.717, 1.165) is 57.3 Å². The number of nitrogens with zero attached hydrogens (tertiary/aromatic N) is 1. The van der Waals surface area contributed by atoms with Crippen LogP contribution in [0.1, 0.15) is 18.9 Å². The Labute approximate surface area is 144 Å². The van der Waals surface area contributed by atoms with E-state index in [1.54, 1.807) is 0 Å². The molecule has 3 rings (SSSR count). The summed E-state index contributed by atoms with van der Waals surface area (Å²) in [7, 11) is 0. The van der Waals surface area contributed by atoms with Crippen molar-refractivity contribution in [3.63, 3.8) is 0 Å². The standard InChI is InChI=1S/C20H26N2O2/c1-2-12-24-20-5-3-4-17(15-20)16-21-18-6-8-19(9-7-18)22-10-13-23-14-11-22/h3-9,15,21H,2,10-14,16H2,1H3. The third kappa shape index (κ3) is 4.65. The first-order chi connectivity index (χ1) is 11.8. The zero-order valence-corrected chi connectivity index (χ0v) is 14.3. The van der Waals surface area contributed by atoms with Gasteiger partial charge in [-0.15, -0.1) is 0 Å². The minimum Gasteiger partial charge on any atom is -0.494 e. The SMILES string of the molecule is CCCOc1cccc(CNc2ccc(N3CCOCC3)cc2)c1. The monoisotopic (exact) mass is 326 g/mol. The van der Waals surface area contributed by atoms with Gasteiger partial charge in [0.25, 0.3) is 0 Å². The Morgan fingerprint density at radius 1 is 1.08 bits per heavy atom. The topological polar surface area (TPSA) is 33.7 Å². The molecule has 0 radical (unpaired) electrons. The quantitative estimate of drug-likeness (QED) is 0.836. The van der Waals surface area contributed by atoms with Gasteiger partial charge in [-0.3, -0.25) is 0 Å². The van der Waals surface area contributed by atoms with E-state index in [2.05, 4.69) is 53.5 Å². The molecule has 4 heteroatoms. The molecule has 2 aromatic carbocycles. The normalized spacial score (nSPS) is 14.5. The predicted molar refractivity (Wildman–Crippen MR) is 99.0 cm³/mol. The highest BCUT2D eigenvalue weighted by Crippen LogP contribution is 2.20. The first-order valence-electron chi connectivity index (χ1n) is 8.73. The van der Waals surface area contributed by atoms with Gasteiger partial charge in [-0.2, -0.15) is 0 Å². The van der Waals surface area contributed by atoms with Crippen LogP contribution in [0.3, 0.4) is 0 Å². The zero-order chi connectivity index (χ0) is 16.6. The number of anilines is 2. The molecule has 1 fully saturated rings. The average Bonchev–Trinajstić information content (AvgIpc) is 2.66. The lowest BCUT2D eigenvalue weighted by Crippen LogP contribution is -2.36. The predicted octanol–water partition coefficient (Wildman–Crippen LogP) is 3.92. The second-order valence-corrected chi connectivity index (χ2v) is 6.00. The summed E-state index contributed by atoms with van der Waals surface area (Å²) in [5, 5.41) is 3.48. The third-order valence-electron chi connectivity index (χ3n) is 4.11. The second kappa shape index (κ2) is 8.60. The van der Waals surface area contributed by atoms with E-state index >= 15 is 0 Å². The molecule has 0 aliphatic carbocycles. The van der Waals surface area contributed by atoms with Crippen LogP contribution in [0.15, 0.2) is 48.5 Å². The highest BCUT2D eigenvalue weighted by Gasteiger charge is 2.10. The van der Waals surface area contributed by atoms with Crippen molar-refractivity contribution in [2.45, 2.75) is 19.9 Å². The molecular formula is C20H26N2O2. The largest absolute Gasteiger partial charge is 0.494 e. The van der Waals surface area contributed by atoms with Crippen LogP contribution in [0.4, 0.5) is 11.4 Å². The van der Waals surface area contributed by atoms with Gasteiger partial charge in [-0.25, -0.2) is 0 Å². The second-order valence-electron chi connectivity index (χ2n) is 6.00. The van der Waals surface area contributed by atoms with Crippen LogP contribution in [0, 0.1) is 0 Å². The van der Waals surface area contributed by atoms with E-state index in [1.807, 2.05) is 12.1 Å². The molecular weight excluding hydrogens is 300 g/mol. The van der Waals surface area contributed by atoms with E-state index in [9.17, 15) is 0 Å². The molecule has 0 atom stereocenters. The number of benzene rings is 2. The lowest BCUT2D eigenvalue weighted by atomic mass is 10.2. The van der Waals surface area contributed by atoms with Crippen LogP contribution in [0.25, 0.3) is 0 Å². The molecule has 2 aromatic rings. The maximum absolute atomic E-state index is 5.69. The van der Waals surface area contributed by atoms with Gasteiger partial charge in [0.15, 0.2) is 0 Å². The number of hydrogen-bond acceptors (Lipinski definition) is 4. The summed E-state index contributed by atoms with van der Waals surface area (Å²) in [6.07, 6.45) is 1.03. The minimum absolute atomic E-state index is 0.764. The van der Waals surface area contributed by atoms with Crippen molar-refractivity contribution in [1.29, 1.82) is 0 Å². The number of rotatable bonds is 7. The number of nitrogens with one attached hydrogen (secondary N) is 1. The smallest absolute Gasteiger partial charge is 0.119 e. The fourth-order valence-corrected chi connectivity index (χ4v) is 2.78. The summed E-state index contributed by atoms with van der Waals surface area (Å²) in [5.74, 6) is 0.943. The summed E-state index contributed by atoms with van der Waals surface area (Å²) in [5.41, 5.74) is 3.62. The van der Waals surface area contributed by atoms with Crippen molar-refractivity contribution < 1.29 is 9.47 Å². The molecule has 1 heterocycles. The first kappa shape index (κ1) is 16.7. The summed E-state index contributed by atoms with van der Waals surface area (Å²) in [4.78, 5) is 2.36. The Bertz CT molecular complexity index is 622. The molecule has 1 aliphatic rings. The van der Waals surface area contributed by atoms with Crippen molar-refractivity contribution in [2.75, 3.05) is 43.1 Å². The summed E-state index contributed by atoms with van der Waals surface area (Å²) >= 11 is 0. The van der Waals surface area contributed by atoms with Crippen LogP contribution in [0.5, 0.6) is 5.75 Å². The first-order valence-corrected chi connectivity index (χ1v) is 8.73. The molecule has 0 unspecified atom stereocenters. The number of hydrogen-bond donors (Lipinski definition) is 1. The molecule has 24 heavy (non-hydrogen) atoms. The molecule has 1 saturated heterocycles. The van der Waals surface area contributed by atoms with Crippen molar-refractivity contribution in [2.24, 2.45) is 0 Å². The molecule has 0 amide bonds. The van der Waals surface area contributed by atoms with E-state index in [4.69, 9.17) is 9.47 Å². The van der Waals surface area contributed by atoms with Gasteiger partial charge in [-0.1, -0.05) is 19.1 Å². The lowest BCUT2D eigenvalue weighted by Gasteiger charge is -2.28. The lowest BCUT2D eigenvalue weighted by molar-refractivity contribution is 0.122. The zero-order valence-electron chi connectivity index (χ0n) is 14.3. The minimum atomic E-state index is 0.764. The molecule has 1 N–H and O–H groups in total. The van der Waals surface area contributed by atoms with E-state index in [1.165, 1.54) is 11.3 Å². The van der Waals surface area contributed by atoms with Gasteiger partial charge < -0.3 is 19.7 Å². The summed E-state index contributed by atoms with van der Waals surface area (Å²) in [6.45, 7) is 7.24. The van der Waals surface area contributed by atoms with Crippen molar-refractivity contribution in [1.82, 2.24) is 0 Å². The van der Waals surface area contributed by atoms with Crippen LogP contribution in [-0.4, -0.2) is 32.9 Å². The van der Waals surface area contributed by atoms with Crippen molar-refractivity contribution >= 4 is 11.4 Å². The van der Waals surface area contributed by atoms with Gasteiger partial charge in [0.1, 0.15) is 5.75 Å². The Balaban J connectivity index is 1.54. The van der Waals surface area contributed by atoms with E-state index in [-0.39, 0.29) is 0 Å². The van der Waals surface area contributed by atoms with Crippen LogP contribution in [0.2, 0.25) is 0 Å². The van der Waals surface area contributed by atoms with Crippen LogP contribution < -0.4 is 15.0 Å². The third-order valence-corrected chi connectivity index (χ3v) is 4.11. The fraction of sp³-hybridized carbons (Fsp3) is 0.400. The molecule has 0 saturated carbocycles. The summed E-state index contributed by atoms with van der Waals surface area (Å²) < 4.78 is 11.1. The fourth-order valence-electron chi connectivity index (χ4n) is 2.78. The highest BCUT2D eigenvalue weighted by molar-refractivity contribution is 5.55. The maximum Gasteiger partial charge on any atom is 0.119 e.